The largest absolute Gasteiger partial charge is 1.00 e. The van der Waals surface area contributed by atoms with Crippen LogP contribution >= 0.6 is 7.82 Å². The molecule has 25 heavy (non-hydrogen) atoms. The maximum atomic E-state index is 10.3. The molecule has 0 saturated carbocycles. The fourth-order valence-corrected chi connectivity index (χ4v) is 2.13. The average molecular weight is 430 g/mol. The van der Waals surface area contributed by atoms with Crippen LogP contribution in [0.1, 0.15) is 71.1 Å². The van der Waals surface area contributed by atoms with Gasteiger partial charge in [0.2, 0.25) is 0 Å². The molecule has 0 heterocycles. The first-order valence-electron chi connectivity index (χ1n) is 7.41. The molecule has 0 spiro atoms. The topological polar surface area (TPSA) is 150 Å². The van der Waals surface area contributed by atoms with Crippen molar-refractivity contribution in [2.75, 3.05) is 6.61 Å². The Morgan fingerprint density at radius 3 is 1.40 bits per heavy atom. The molecule has 0 aliphatic carbocycles. The second kappa shape index (κ2) is 25.0. The summed E-state index contributed by atoms with van der Waals surface area (Å²) in [5.41, 5.74) is 0. The van der Waals surface area contributed by atoms with E-state index in [-0.39, 0.29) is 95.3 Å². The van der Waals surface area contributed by atoms with Gasteiger partial charge in [-0.1, -0.05) is 64.7 Å². The Morgan fingerprint density at radius 1 is 0.840 bits per heavy atom. The molecule has 1 unspecified atom stereocenters. The first-order chi connectivity index (χ1) is 10.1. The van der Waals surface area contributed by atoms with Crippen molar-refractivity contribution < 1.29 is 125 Å². The third-order valence-corrected chi connectivity index (χ3v) is 3.26. The molecule has 0 aromatic heterocycles. The third-order valence-electron chi connectivity index (χ3n) is 2.75. The van der Waals surface area contributed by atoms with Gasteiger partial charge in [0.15, 0.2) is 0 Å². The van der Waals surface area contributed by atoms with Crippen molar-refractivity contribution in [2.24, 2.45) is 0 Å². The summed E-state index contributed by atoms with van der Waals surface area (Å²) in [7, 11) is -9.66. The van der Waals surface area contributed by atoms with Crippen LogP contribution in [0.5, 0.6) is 0 Å². The molecule has 0 aliphatic heterocycles. The van der Waals surface area contributed by atoms with Gasteiger partial charge in [-0.3, -0.25) is 13.0 Å². The Labute approximate surface area is 218 Å². The summed E-state index contributed by atoms with van der Waals surface area (Å²) in [4.78, 5) is 18.6. The molecular formula is C12H26Na3O8PS. The van der Waals surface area contributed by atoms with Crippen molar-refractivity contribution in [3.05, 3.63) is 0 Å². The number of hydrogen-bond donors (Lipinski definition) is 1. The molecule has 1 atom stereocenters. The van der Waals surface area contributed by atoms with Crippen LogP contribution in [0, 0.1) is 0 Å². The van der Waals surface area contributed by atoms with Crippen LogP contribution in [-0.2, 0) is 19.5 Å². The average Bonchev–Trinajstić information content (AvgIpc) is 2.32. The molecule has 8 nitrogen and oxygen atoms in total. The molecule has 0 saturated heterocycles. The summed E-state index contributed by atoms with van der Waals surface area (Å²) in [5.74, 6) is 0. The Morgan fingerprint density at radius 2 is 1.12 bits per heavy atom. The van der Waals surface area contributed by atoms with E-state index in [9.17, 15) is 9.46 Å². The van der Waals surface area contributed by atoms with E-state index in [0.717, 1.165) is 12.8 Å². The van der Waals surface area contributed by atoms with Crippen LogP contribution in [0.25, 0.3) is 0 Å². The van der Waals surface area contributed by atoms with Gasteiger partial charge < -0.3 is 23.4 Å². The first kappa shape index (κ1) is 38.6. The molecule has 0 amide bonds. The van der Waals surface area contributed by atoms with Crippen LogP contribution in [-0.4, -0.2) is 29.0 Å². The summed E-state index contributed by atoms with van der Waals surface area (Å²) in [6, 6.07) is 0. The van der Waals surface area contributed by atoms with E-state index < -0.39 is 18.2 Å². The number of hydrogen-bond acceptors (Lipinski definition) is 7. The smallest absolute Gasteiger partial charge is 0.759 e. The molecule has 0 aliphatic rings. The van der Waals surface area contributed by atoms with Gasteiger partial charge in [0.1, 0.15) is 0 Å². The Kier molecular flexibility index (Phi) is 38.6. The Bertz CT molecular complexity index is 384. The molecule has 0 fully saturated rings. The summed E-state index contributed by atoms with van der Waals surface area (Å²) in [6.45, 7) is 2.32. The number of phosphoric ester groups is 1. The predicted octanol–water partition coefficient (Wildman–Crippen LogP) is -6.94. The molecule has 1 N–H and O–H groups in total. The van der Waals surface area contributed by atoms with Gasteiger partial charge in [-0.15, -0.1) is 0 Å². The van der Waals surface area contributed by atoms with Crippen LogP contribution in [0.15, 0.2) is 0 Å². The van der Waals surface area contributed by atoms with E-state index in [0.29, 0.717) is 6.42 Å². The van der Waals surface area contributed by atoms with Crippen molar-refractivity contribution >= 4 is 18.2 Å². The van der Waals surface area contributed by atoms with E-state index in [1.54, 1.807) is 0 Å². The van der Waals surface area contributed by atoms with E-state index in [1.807, 2.05) is 0 Å². The molecule has 0 aromatic carbocycles. The first-order valence-corrected chi connectivity index (χ1v) is 10.2. The van der Waals surface area contributed by atoms with Crippen molar-refractivity contribution in [2.45, 2.75) is 71.1 Å². The zero-order valence-corrected chi connectivity index (χ0v) is 23.6. The van der Waals surface area contributed by atoms with Crippen LogP contribution < -0.4 is 93.6 Å². The molecular weight excluding hydrogens is 404 g/mol. The monoisotopic (exact) mass is 430 g/mol. The maximum absolute atomic E-state index is 10.3. The molecule has 0 bridgehead atoms. The number of phosphoric acid groups is 1. The van der Waals surface area contributed by atoms with Crippen LogP contribution in [0.2, 0.25) is 0 Å². The van der Waals surface area contributed by atoms with Crippen molar-refractivity contribution in [3.8, 4) is 0 Å². The Hall–Kier alpha value is 2.98. The van der Waals surface area contributed by atoms with Crippen molar-refractivity contribution in [3.63, 3.8) is 0 Å². The van der Waals surface area contributed by atoms with E-state index in [4.69, 9.17) is 22.4 Å². The molecule has 0 aromatic rings. The van der Waals surface area contributed by atoms with Crippen molar-refractivity contribution in [1.29, 1.82) is 0 Å². The summed E-state index contributed by atoms with van der Waals surface area (Å²) in [5, 5.41) is 0. The second-order valence-corrected chi connectivity index (χ2v) is 6.90. The van der Waals surface area contributed by atoms with Gasteiger partial charge in [0.25, 0.3) is 7.82 Å². The van der Waals surface area contributed by atoms with E-state index in [1.165, 1.54) is 44.9 Å². The summed E-state index contributed by atoms with van der Waals surface area (Å²) in [6.07, 6.45) is 11.9. The second-order valence-electron chi connectivity index (χ2n) is 4.89. The maximum Gasteiger partial charge on any atom is 1.00 e. The Balaban J connectivity index is -0.000000147. The summed E-state index contributed by atoms with van der Waals surface area (Å²) >= 11 is 0. The predicted molar refractivity (Wildman–Crippen MR) is 78.1 cm³/mol. The standard InChI is InChI=1S/C12H27O4P.3Na.H2O4S/c1-2-3-4-5-6-7-8-9-10-11-12-16-17(13,14)15;;;;1-5(2,3)4/h2-12H2,1H3,(H2,13,14,15);;;;(H2,1,2,3,4)/q;3*+1;/p-3. The van der Waals surface area contributed by atoms with Crippen LogP contribution in [0.3, 0.4) is 0 Å². The minimum Gasteiger partial charge on any atom is -0.759 e. The van der Waals surface area contributed by atoms with E-state index in [2.05, 4.69) is 11.4 Å². The number of unbranched alkanes of at least 4 members (excludes halogenated alkanes) is 9. The van der Waals surface area contributed by atoms with Gasteiger partial charge in [-0.2, -0.15) is 0 Å². The van der Waals surface area contributed by atoms with Gasteiger partial charge in [0.05, 0.1) is 6.61 Å². The normalized spacial score (nSPS) is 12.4. The molecule has 13 heteroatoms. The van der Waals surface area contributed by atoms with Gasteiger partial charge >= 0.3 is 88.7 Å². The fraction of sp³-hybridized carbons (Fsp3) is 1.00. The fourth-order valence-electron chi connectivity index (χ4n) is 1.77. The van der Waals surface area contributed by atoms with E-state index >= 15 is 0 Å². The molecule has 0 rings (SSSR count). The third kappa shape index (κ3) is 58.4. The SMILES string of the molecule is CCCCCCCCCCCCOP(=O)([O-])O.O=S(=O)([O-])[O-].[Na+].[Na+].[Na+]. The van der Waals surface area contributed by atoms with Crippen molar-refractivity contribution in [1.82, 2.24) is 0 Å². The number of rotatable bonds is 12. The quantitative estimate of drug-likeness (QED) is 0.106. The molecule has 136 valence electrons. The molecule has 0 radical (unpaired) electrons. The summed E-state index contributed by atoms with van der Waals surface area (Å²) < 4.78 is 48.6. The zero-order chi connectivity index (χ0) is 17.5. The minimum atomic E-state index is -5.17. The van der Waals surface area contributed by atoms with Gasteiger partial charge in [0, 0.05) is 10.4 Å². The van der Waals surface area contributed by atoms with Gasteiger partial charge in [-0.25, -0.2) is 0 Å². The van der Waals surface area contributed by atoms with Gasteiger partial charge in [-0.05, 0) is 6.42 Å². The van der Waals surface area contributed by atoms with Crippen LogP contribution in [0.4, 0.5) is 0 Å². The zero-order valence-electron chi connectivity index (χ0n) is 15.9. The minimum absolute atomic E-state index is 0.